The quantitative estimate of drug-likeness (QED) is 0.841. The maximum Gasteiger partial charge on any atom is 0.0953 e. The smallest absolute Gasteiger partial charge is 0.0953 e. The maximum atomic E-state index is 4.76. The Morgan fingerprint density at radius 1 is 1.28 bits per heavy atom. The Balaban J connectivity index is 0.000000367. The van der Waals surface area contributed by atoms with Crippen molar-refractivity contribution in [3.8, 4) is 11.3 Å². The van der Waals surface area contributed by atoms with Gasteiger partial charge in [0.25, 0.3) is 0 Å². The minimum Gasteiger partial charge on any atom is -0.328 e. The van der Waals surface area contributed by atoms with Crippen molar-refractivity contribution in [2.24, 2.45) is 5.14 Å². The molecule has 4 heteroatoms. The monoisotopic (exact) mass is 261 g/mol. The van der Waals surface area contributed by atoms with E-state index in [0.717, 1.165) is 0 Å². The second-order valence-electron chi connectivity index (χ2n) is 4.37. The van der Waals surface area contributed by atoms with E-state index in [0.29, 0.717) is 6.04 Å². The van der Waals surface area contributed by atoms with E-state index in [1.165, 1.54) is 42.5 Å². The average molecular weight is 261 g/mol. The lowest BCUT2D eigenvalue weighted by atomic mass is 9.92. The van der Waals surface area contributed by atoms with Crippen LogP contribution in [0.15, 0.2) is 42.9 Å². The van der Waals surface area contributed by atoms with Crippen LogP contribution in [0.1, 0.15) is 25.3 Å². The zero-order valence-electron chi connectivity index (χ0n) is 10.6. The number of benzene rings is 1. The highest BCUT2D eigenvalue weighted by Gasteiger charge is 2.21. The molecule has 0 saturated heterocycles. The van der Waals surface area contributed by atoms with Crippen molar-refractivity contribution >= 4 is 11.9 Å². The van der Waals surface area contributed by atoms with Gasteiger partial charge in [0.05, 0.1) is 18.2 Å². The lowest BCUT2D eigenvalue weighted by molar-refractivity contribution is 0.316. The molecule has 1 aromatic carbocycles. The number of hydrogen-bond acceptors (Lipinski definition) is 3. The van der Waals surface area contributed by atoms with Gasteiger partial charge in [-0.1, -0.05) is 42.3 Å². The highest BCUT2D eigenvalue weighted by atomic mass is 32.2. The molecule has 0 aliphatic heterocycles. The molecule has 0 atom stereocenters. The molecular weight excluding hydrogens is 242 g/mol. The molecule has 0 amide bonds. The molecule has 96 valence electrons. The SMILES string of the molecule is CSN.c1ccc(-c2cncn2C2CCC2)cc1. The highest BCUT2D eigenvalue weighted by molar-refractivity contribution is 7.96. The molecule has 2 aromatic rings. The zero-order valence-corrected chi connectivity index (χ0v) is 11.4. The summed E-state index contributed by atoms with van der Waals surface area (Å²) in [6.45, 7) is 0. The molecule has 2 N–H and O–H groups in total. The Morgan fingerprint density at radius 3 is 2.50 bits per heavy atom. The van der Waals surface area contributed by atoms with Crippen LogP contribution in [0.4, 0.5) is 0 Å². The van der Waals surface area contributed by atoms with Crippen LogP contribution in [0.3, 0.4) is 0 Å². The van der Waals surface area contributed by atoms with E-state index in [1.807, 2.05) is 24.8 Å². The van der Waals surface area contributed by atoms with Crippen LogP contribution in [0.5, 0.6) is 0 Å². The van der Waals surface area contributed by atoms with Gasteiger partial charge in [-0.25, -0.2) is 4.98 Å². The van der Waals surface area contributed by atoms with E-state index in [1.54, 1.807) is 0 Å². The lowest BCUT2D eigenvalue weighted by Crippen LogP contribution is -2.16. The van der Waals surface area contributed by atoms with Gasteiger partial charge in [0.1, 0.15) is 0 Å². The van der Waals surface area contributed by atoms with Gasteiger partial charge in [-0.15, -0.1) is 0 Å². The fraction of sp³-hybridized carbons (Fsp3) is 0.357. The van der Waals surface area contributed by atoms with Crippen LogP contribution in [0.2, 0.25) is 0 Å². The Kier molecular flexibility index (Phi) is 4.84. The Hall–Kier alpha value is -1.26. The Labute approximate surface area is 113 Å². The molecule has 0 unspecified atom stereocenters. The van der Waals surface area contributed by atoms with Gasteiger partial charge >= 0.3 is 0 Å². The van der Waals surface area contributed by atoms with Crippen LogP contribution < -0.4 is 5.14 Å². The normalized spacial score (nSPS) is 14.6. The summed E-state index contributed by atoms with van der Waals surface area (Å²) in [7, 11) is 0. The number of hydrogen-bond donors (Lipinski definition) is 1. The second kappa shape index (κ2) is 6.61. The number of nitrogens with two attached hydrogens (primary N) is 1. The van der Waals surface area contributed by atoms with Crippen molar-refractivity contribution in [2.75, 3.05) is 6.26 Å². The predicted octanol–water partition coefficient (Wildman–Crippen LogP) is 3.50. The van der Waals surface area contributed by atoms with E-state index >= 15 is 0 Å². The van der Waals surface area contributed by atoms with Gasteiger partial charge in [-0.2, -0.15) is 0 Å². The standard InChI is InChI=1S/C13H14N2.CH5NS/c1-2-5-11(6-3-1)13-9-14-10-15(13)12-7-4-8-12;1-3-2/h1-3,5-6,9-10,12H,4,7-8H2;2H2,1H3. The van der Waals surface area contributed by atoms with Crippen molar-refractivity contribution in [3.63, 3.8) is 0 Å². The lowest BCUT2D eigenvalue weighted by Gasteiger charge is -2.28. The Morgan fingerprint density at radius 2 is 1.94 bits per heavy atom. The molecule has 0 bridgehead atoms. The molecule has 1 aromatic heterocycles. The van der Waals surface area contributed by atoms with Crippen molar-refractivity contribution in [1.82, 2.24) is 9.55 Å². The summed E-state index contributed by atoms with van der Waals surface area (Å²) in [4.78, 5) is 4.26. The average Bonchev–Trinajstić information content (AvgIpc) is 2.78. The molecule has 3 rings (SSSR count). The molecular formula is C14H19N3S. The summed E-state index contributed by atoms with van der Waals surface area (Å²) in [5, 5.41) is 4.76. The van der Waals surface area contributed by atoms with Gasteiger partial charge in [-0.3, -0.25) is 5.14 Å². The number of rotatable bonds is 2. The summed E-state index contributed by atoms with van der Waals surface area (Å²) in [6, 6.07) is 11.2. The first-order valence-corrected chi connectivity index (χ1v) is 7.45. The largest absolute Gasteiger partial charge is 0.328 e. The molecule has 3 nitrogen and oxygen atoms in total. The molecule has 18 heavy (non-hydrogen) atoms. The number of nitrogens with zero attached hydrogens (tertiary/aromatic N) is 2. The molecule has 1 fully saturated rings. The van der Waals surface area contributed by atoms with E-state index in [4.69, 9.17) is 5.14 Å². The van der Waals surface area contributed by atoms with Crippen LogP contribution >= 0.6 is 11.9 Å². The van der Waals surface area contributed by atoms with Crippen LogP contribution in [0, 0.1) is 0 Å². The molecule has 1 aliphatic rings. The third-order valence-electron chi connectivity index (χ3n) is 3.20. The molecule has 0 spiro atoms. The van der Waals surface area contributed by atoms with Gasteiger partial charge in [0.2, 0.25) is 0 Å². The fourth-order valence-electron chi connectivity index (χ4n) is 2.09. The minimum atomic E-state index is 0.683. The topological polar surface area (TPSA) is 43.8 Å². The van der Waals surface area contributed by atoms with Gasteiger partial charge < -0.3 is 4.57 Å². The van der Waals surface area contributed by atoms with Crippen LogP contribution in [0.25, 0.3) is 11.3 Å². The van der Waals surface area contributed by atoms with Crippen LogP contribution in [-0.2, 0) is 0 Å². The third kappa shape index (κ3) is 2.94. The first-order valence-electron chi connectivity index (χ1n) is 6.17. The summed E-state index contributed by atoms with van der Waals surface area (Å²) in [6.07, 6.45) is 9.71. The molecule has 1 aliphatic carbocycles. The molecule has 0 radical (unpaired) electrons. The Bertz CT molecular complexity index is 463. The van der Waals surface area contributed by atoms with E-state index in [2.05, 4.69) is 33.8 Å². The summed E-state index contributed by atoms with van der Waals surface area (Å²) in [5.41, 5.74) is 2.52. The van der Waals surface area contributed by atoms with Gasteiger partial charge in [0.15, 0.2) is 0 Å². The first-order chi connectivity index (χ1) is 8.86. The summed E-state index contributed by atoms with van der Waals surface area (Å²) in [5.74, 6) is 0. The van der Waals surface area contributed by atoms with Crippen molar-refractivity contribution in [3.05, 3.63) is 42.9 Å². The summed E-state index contributed by atoms with van der Waals surface area (Å²) >= 11 is 1.25. The first kappa shape index (κ1) is 13.2. The highest BCUT2D eigenvalue weighted by Crippen LogP contribution is 2.34. The van der Waals surface area contributed by atoms with Crippen molar-refractivity contribution < 1.29 is 0 Å². The second-order valence-corrected chi connectivity index (χ2v) is 4.84. The van der Waals surface area contributed by atoms with E-state index in [9.17, 15) is 0 Å². The molecule has 1 saturated carbocycles. The van der Waals surface area contributed by atoms with Crippen molar-refractivity contribution in [1.29, 1.82) is 0 Å². The van der Waals surface area contributed by atoms with Gasteiger partial charge in [-0.05, 0) is 31.1 Å². The number of imidazole rings is 1. The van der Waals surface area contributed by atoms with Crippen LogP contribution in [-0.4, -0.2) is 15.8 Å². The zero-order chi connectivity index (χ0) is 12.8. The van der Waals surface area contributed by atoms with Crippen molar-refractivity contribution in [2.45, 2.75) is 25.3 Å². The third-order valence-corrected chi connectivity index (χ3v) is 3.20. The maximum absolute atomic E-state index is 4.76. The van der Waals surface area contributed by atoms with E-state index in [-0.39, 0.29) is 0 Å². The van der Waals surface area contributed by atoms with E-state index < -0.39 is 0 Å². The number of aromatic nitrogens is 2. The minimum absolute atomic E-state index is 0.683. The molecule has 1 heterocycles. The summed E-state index contributed by atoms with van der Waals surface area (Å²) < 4.78 is 2.32. The van der Waals surface area contributed by atoms with Gasteiger partial charge in [0, 0.05) is 6.04 Å². The fourth-order valence-corrected chi connectivity index (χ4v) is 2.09. The predicted molar refractivity (Wildman–Crippen MR) is 78.3 cm³/mol.